The molecule has 0 unspecified atom stereocenters. The minimum absolute atomic E-state index is 0.0938. The molecule has 0 aliphatic rings. The van der Waals surface area contributed by atoms with E-state index in [4.69, 9.17) is 9.84 Å². The zero-order valence-electron chi connectivity index (χ0n) is 13.2. The Kier molecular flexibility index (Phi) is 4.42. The standard InChI is InChI=1S/C17H14N4O4/c1-25-12-5-2-10(3-6-12)16(22)19-15-8-14(20-21-15)13-7-4-11(9-18-13)17(23)24/h2-9H,1H3,(H,23,24)(H2,19,20,21,22). The Morgan fingerprint density at radius 1 is 1.12 bits per heavy atom. The van der Waals surface area contributed by atoms with E-state index in [0.717, 1.165) is 0 Å². The fourth-order valence-corrected chi connectivity index (χ4v) is 2.13. The quantitative estimate of drug-likeness (QED) is 0.658. The number of hydrogen-bond acceptors (Lipinski definition) is 5. The van der Waals surface area contributed by atoms with Crippen molar-refractivity contribution < 1.29 is 19.4 Å². The van der Waals surface area contributed by atoms with Crippen LogP contribution >= 0.6 is 0 Å². The number of aromatic amines is 1. The number of aromatic nitrogens is 3. The summed E-state index contributed by atoms with van der Waals surface area (Å²) in [6.45, 7) is 0. The molecule has 1 amide bonds. The van der Waals surface area contributed by atoms with Gasteiger partial charge in [-0.1, -0.05) is 0 Å². The van der Waals surface area contributed by atoms with Gasteiger partial charge in [0, 0.05) is 17.8 Å². The summed E-state index contributed by atoms with van der Waals surface area (Å²) in [7, 11) is 1.55. The van der Waals surface area contributed by atoms with Crippen molar-refractivity contribution in [2.45, 2.75) is 0 Å². The fourth-order valence-electron chi connectivity index (χ4n) is 2.13. The van der Waals surface area contributed by atoms with E-state index in [1.807, 2.05) is 0 Å². The highest BCUT2D eigenvalue weighted by molar-refractivity contribution is 6.04. The summed E-state index contributed by atoms with van der Waals surface area (Å²) < 4.78 is 5.05. The van der Waals surface area contributed by atoms with Crippen LogP contribution in [0.4, 0.5) is 5.82 Å². The van der Waals surface area contributed by atoms with Gasteiger partial charge in [0.25, 0.3) is 5.91 Å². The lowest BCUT2D eigenvalue weighted by molar-refractivity contribution is 0.0696. The third-order valence-corrected chi connectivity index (χ3v) is 3.46. The molecule has 2 heterocycles. The average Bonchev–Trinajstić information content (AvgIpc) is 3.10. The molecule has 0 radical (unpaired) electrons. The third kappa shape index (κ3) is 3.63. The highest BCUT2D eigenvalue weighted by Gasteiger charge is 2.11. The van der Waals surface area contributed by atoms with E-state index in [0.29, 0.717) is 28.5 Å². The van der Waals surface area contributed by atoms with Gasteiger partial charge >= 0.3 is 5.97 Å². The Morgan fingerprint density at radius 2 is 1.84 bits per heavy atom. The van der Waals surface area contributed by atoms with Gasteiger partial charge < -0.3 is 15.2 Å². The molecule has 0 saturated carbocycles. The minimum Gasteiger partial charge on any atom is -0.497 e. The number of nitrogens with one attached hydrogen (secondary N) is 2. The van der Waals surface area contributed by atoms with Crippen LogP contribution in [0.5, 0.6) is 5.75 Å². The molecule has 0 bridgehead atoms. The summed E-state index contributed by atoms with van der Waals surface area (Å²) in [5.41, 5.74) is 1.63. The van der Waals surface area contributed by atoms with Gasteiger partial charge in [0.2, 0.25) is 0 Å². The number of amides is 1. The van der Waals surface area contributed by atoms with Crippen molar-refractivity contribution in [3.8, 4) is 17.1 Å². The normalized spacial score (nSPS) is 10.3. The number of carboxylic acid groups (broad SMARTS) is 1. The topological polar surface area (TPSA) is 117 Å². The van der Waals surface area contributed by atoms with Crippen LogP contribution in [0.1, 0.15) is 20.7 Å². The molecule has 8 nitrogen and oxygen atoms in total. The molecule has 0 saturated heterocycles. The molecule has 3 rings (SSSR count). The number of carbonyl (C=O) groups excluding carboxylic acids is 1. The molecule has 8 heteroatoms. The van der Waals surface area contributed by atoms with E-state index >= 15 is 0 Å². The summed E-state index contributed by atoms with van der Waals surface area (Å²) in [6, 6.07) is 11.3. The number of pyridine rings is 1. The highest BCUT2D eigenvalue weighted by atomic mass is 16.5. The molecule has 126 valence electrons. The number of aromatic carboxylic acids is 1. The number of methoxy groups -OCH3 is 1. The molecule has 0 atom stereocenters. The van der Waals surface area contributed by atoms with E-state index in [-0.39, 0.29) is 11.5 Å². The van der Waals surface area contributed by atoms with Crippen molar-refractivity contribution in [3.63, 3.8) is 0 Å². The van der Waals surface area contributed by atoms with E-state index < -0.39 is 5.97 Å². The summed E-state index contributed by atoms with van der Waals surface area (Å²) >= 11 is 0. The zero-order chi connectivity index (χ0) is 17.8. The van der Waals surface area contributed by atoms with Crippen molar-refractivity contribution >= 4 is 17.7 Å². The van der Waals surface area contributed by atoms with Crippen LogP contribution in [0.15, 0.2) is 48.7 Å². The van der Waals surface area contributed by atoms with Crippen LogP contribution < -0.4 is 10.1 Å². The van der Waals surface area contributed by atoms with Crippen LogP contribution in [0.2, 0.25) is 0 Å². The number of benzene rings is 1. The molecule has 2 aromatic heterocycles. The summed E-state index contributed by atoms with van der Waals surface area (Å²) in [5.74, 6) is -0.361. The number of carbonyl (C=O) groups is 2. The maximum Gasteiger partial charge on any atom is 0.337 e. The van der Waals surface area contributed by atoms with Gasteiger partial charge in [-0.25, -0.2) is 4.79 Å². The number of hydrogen-bond donors (Lipinski definition) is 3. The van der Waals surface area contributed by atoms with Crippen LogP contribution in [0.25, 0.3) is 11.4 Å². The summed E-state index contributed by atoms with van der Waals surface area (Å²) in [5, 5.41) is 18.3. The first-order valence-electron chi connectivity index (χ1n) is 7.27. The lowest BCUT2D eigenvalue weighted by Gasteiger charge is -2.03. The number of carboxylic acids is 1. The Morgan fingerprint density at radius 3 is 2.44 bits per heavy atom. The number of H-pyrrole nitrogens is 1. The first kappa shape index (κ1) is 16.2. The Labute approximate surface area is 142 Å². The van der Waals surface area contributed by atoms with Gasteiger partial charge in [0.1, 0.15) is 5.75 Å². The number of nitrogens with zero attached hydrogens (tertiary/aromatic N) is 2. The molecule has 25 heavy (non-hydrogen) atoms. The smallest absolute Gasteiger partial charge is 0.337 e. The molecule has 1 aromatic carbocycles. The highest BCUT2D eigenvalue weighted by Crippen LogP contribution is 2.19. The number of ether oxygens (including phenoxy) is 1. The van der Waals surface area contributed by atoms with E-state index in [1.54, 1.807) is 43.5 Å². The molecule has 3 aromatic rings. The molecular weight excluding hydrogens is 324 g/mol. The van der Waals surface area contributed by atoms with E-state index in [1.165, 1.54) is 12.3 Å². The Hall–Kier alpha value is -3.68. The molecule has 0 fully saturated rings. The van der Waals surface area contributed by atoms with Gasteiger partial charge in [0.05, 0.1) is 24.1 Å². The second-order valence-corrected chi connectivity index (χ2v) is 5.09. The van der Waals surface area contributed by atoms with Crippen molar-refractivity contribution in [2.24, 2.45) is 0 Å². The first-order valence-corrected chi connectivity index (χ1v) is 7.27. The van der Waals surface area contributed by atoms with Gasteiger partial charge in [-0.15, -0.1) is 0 Å². The largest absolute Gasteiger partial charge is 0.497 e. The second-order valence-electron chi connectivity index (χ2n) is 5.09. The van der Waals surface area contributed by atoms with Gasteiger partial charge in [-0.2, -0.15) is 5.10 Å². The van der Waals surface area contributed by atoms with Crippen molar-refractivity contribution in [3.05, 3.63) is 59.8 Å². The maximum atomic E-state index is 12.2. The van der Waals surface area contributed by atoms with Crippen LogP contribution in [-0.4, -0.2) is 39.3 Å². The minimum atomic E-state index is -1.05. The molecule has 0 aliphatic heterocycles. The Bertz CT molecular complexity index is 901. The first-order chi connectivity index (χ1) is 12.1. The summed E-state index contributed by atoms with van der Waals surface area (Å²) in [6.07, 6.45) is 1.26. The predicted molar refractivity (Wildman–Crippen MR) is 89.7 cm³/mol. The van der Waals surface area contributed by atoms with E-state index in [9.17, 15) is 9.59 Å². The fraction of sp³-hybridized carbons (Fsp3) is 0.0588. The SMILES string of the molecule is COc1ccc(C(=O)Nc2cc(-c3ccc(C(=O)O)cn3)[nH]n2)cc1. The lowest BCUT2D eigenvalue weighted by Crippen LogP contribution is -2.11. The third-order valence-electron chi connectivity index (χ3n) is 3.46. The number of anilines is 1. The number of rotatable bonds is 5. The Balaban J connectivity index is 1.72. The monoisotopic (exact) mass is 338 g/mol. The van der Waals surface area contributed by atoms with Gasteiger partial charge in [0.15, 0.2) is 5.82 Å². The molecule has 3 N–H and O–H groups in total. The van der Waals surface area contributed by atoms with Crippen molar-refractivity contribution in [2.75, 3.05) is 12.4 Å². The van der Waals surface area contributed by atoms with Crippen LogP contribution in [0, 0.1) is 0 Å². The molecule has 0 spiro atoms. The predicted octanol–water partition coefficient (Wildman–Crippen LogP) is 2.43. The maximum absolute atomic E-state index is 12.2. The average molecular weight is 338 g/mol. The molecular formula is C17H14N4O4. The van der Waals surface area contributed by atoms with Gasteiger partial charge in [-0.3, -0.25) is 14.9 Å². The van der Waals surface area contributed by atoms with Crippen LogP contribution in [0.3, 0.4) is 0 Å². The lowest BCUT2D eigenvalue weighted by atomic mass is 10.2. The zero-order valence-corrected chi connectivity index (χ0v) is 13.2. The van der Waals surface area contributed by atoms with Gasteiger partial charge in [-0.05, 0) is 36.4 Å². The van der Waals surface area contributed by atoms with Crippen molar-refractivity contribution in [1.82, 2.24) is 15.2 Å². The second kappa shape index (κ2) is 6.83. The van der Waals surface area contributed by atoms with E-state index in [2.05, 4.69) is 20.5 Å². The van der Waals surface area contributed by atoms with Crippen LogP contribution in [-0.2, 0) is 0 Å². The molecule has 0 aliphatic carbocycles. The summed E-state index contributed by atoms with van der Waals surface area (Å²) in [4.78, 5) is 27.1. The van der Waals surface area contributed by atoms with Crippen molar-refractivity contribution in [1.29, 1.82) is 0 Å².